The Morgan fingerprint density at radius 2 is 1.76 bits per heavy atom. The molecule has 110 valence electrons. The number of hydrogen-bond acceptors (Lipinski definition) is 1. The second kappa shape index (κ2) is 6.39. The average molecular weight is 285 g/mol. The quantitative estimate of drug-likeness (QED) is 0.667. The summed E-state index contributed by atoms with van der Waals surface area (Å²) in [7, 11) is 0. The van der Waals surface area contributed by atoms with Gasteiger partial charge in [0.2, 0.25) is 0 Å². The van der Waals surface area contributed by atoms with E-state index < -0.39 is 0 Å². The van der Waals surface area contributed by atoms with Crippen LogP contribution in [0.1, 0.15) is 22.3 Å². The van der Waals surface area contributed by atoms with Crippen LogP contribution in [0, 0.1) is 26.6 Å². The lowest BCUT2D eigenvalue weighted by atomic mass is 10.1. The number of guanidine groups is 1. The van der Waals surface area contributed by atoms with Gasteiger partial charge in [-0.2, -0.15) is 0 Å². The Balaban J connectivity index is 2.05. The third kappa shape index (κ3) is 4.31. The van der Waals surface area contributed by atoms with Crippen molar-refractivity contribution < 1.29 is 4.39 Å². The molecule has 0 radical (unpaired) electrons. The molecular formula is C17H20FN3. The lowest BCUT2D eigenvalue weighted by Crippen LogP contribution is -2.22. The van der Waals surface area contributed by atoms with E-state index in [1.165, 1.54) is 6.07 Å². The van der Waals surface area contributed by atoms with Crippen LogP contribution in [0.15, 0.2) is 41.4 Å². The van der Waals surface area contributed by atoms with Gasteiger partial charge in [0.1, 0.15) is 5.82 Å². The van der Waals surface area contributed by atoms with Crippen molar-refractivity contribution in [3.63, 3.8) is 0 Å². The third-order valence-electron chi connectivity index (χ3n) is 3.16. The van der Waals surface area contributed by atoms with E-state index in [4.69, 9.17) is 5.73 Å². The summed E-state index contributed by atoms with van der Waals surface area (Å²) in [6.45, 7) is 6.14. The SMILES string of the molecule is Cc1cc(C)cc(NC(N)=NCc2ccc(C)c(F)c2)c1. The summed E-state index contributed by atoms with van der Waals surface area (Å²) < 4.78 is 13.4. The van der Waals surface area contributed by atoms with Crippen LogP contribution < -0.4 is 11.1 Å². The zero-order valence-electron chi connectivity index (χ0n) is 12.6. The van der Waals surface area contributed by atoms with Gasteiger partial charge in [0.05, 0.1) is 6.54 Å². The molecule has 4 heteroatoms. The zero-order chi connectivity index (χ0) is 15.4. The molecule has 0 saturated carbocycles. The molecule has 0 atom stereocenters. The summed E-state index contributed by atoms with van der Waals surface area (Å²) >= 11 is 0. The maximum Gasteiger partial charge on any atom is 0.193 e. The van der Waals surface area contributed by atoms with E-state index in [-0.39, 0.29) is 5.82 Å². The summed E-state index contributed by atoms with van der Waals surface area (Å²) in [5.41, 5.74) is 10.5. The minimum Gasteiger partial charge on any atom is -0.370 e. The van der Waals surface area contributed by atoms with Crippen molar-refractivity contribution in [1.82, 2.24) is 0 Å². The Hall–Kier alpha value is -2.36. The third-order valence-corrected chi connectivity index (χ3v) is 3.16. The minimum atomic E-state index is -0.219. The number of hydrogen-bond donors (Lipinski definition) is 2. The van der Waals surface area contributed by atoms with Gasteiger partial charge in [-0.05, 0) is 61.2 Å². The Labute approximate surface area is 124 Å². The molecule has 0 amide bonds. The van der Waals surface area contributed by atoms with Gasteiger partial charge in [0.25, 0.3) is 0 Å². The highest BCUT2D eigenvalue weighted by molar-refractivity contribution is 5.92. The highest BCUT2D eigenvalue weighted by atomic mass is 19.1. The molecule has 0 aliphatic heterocycles. The first-order chi connectivity index (χ1) is 9.94. The number of halogens is 1. The predicted octanol–water partition coefficient (Wildman–Crippen LogP) is 3.68. The van der Waals surface area contributed by atoms with E-state index in [9.17, 15) is 4.39 Å². The summed E-state index contributed by atoms with van der Waals surface area (Å²) in [4.78, 5) is 4.24. The predicted molar refractivity (Wildman–Crippen MR) is 86.0 cm³/mol. The molecule has 0 heterocycles. The Bertz CT molecular complexity index is 657. The molecule has 3 N–H and O–H groups in total. The van der Waals surface area contributed by atoms with E-state index in [0.717, 1.165) is 22.4 Å². The fourth-order valence-corrected chi connectivity index (χ4v) is 2.15. The van der Waals surface area contributed by atoms with Gasteiger partial charge in [-0.15, -0.1) is 0 Å². The van der Waals surface area contributed by atoms with Crippen LogP contribution in [-0.4, -0.2) is 5.96 Å². The minimum absolute atomic E-state index is 0.219. The van der Waals surface area contributed by atoms with Gasteiger partial charge >= 0.3 is 0 Å². The standard InChI is InChI=1S/C17H20FN3/c1-11-6-12(2)8-15(7-11)21-17(19)20-10-14-5-4-13(3)16(18)9-14/h4-9H,10H2,1-3H3,(H3,19,20,21). The first-order valence-corrected chi connectivity index (χ1v) is 6.84. The molecule has 2 aromatic rings. The van der Waals surface area contributed by atoms with Crippen LogP contribution in [0.3, 0.4) is 0 Å². The number of rotatable bonds is 3. The number of anilines is 1. The summed E-state index contributed by atoms with van der Waals surface area (Å²) in [5.74, 6) is 0.101. The number of nitrogens with one attached hydrogen (secondary N) is 1. The summed E-state index contributed by atoms with van der Waals surface area (Å²) in [5, 5.41) is 3.05. The molecule has 21 heavy (non-hydrogen) atoms. The van der Waals surface area contributed by atoms with Crippen molar-refractivity contribution in [1.29, 1.82) is 0 Å². The van der Waals surface area contributed by atoms with Gasteiger partial charge in [-0.1, -0.05) is 18.2 Å². The first kappa shape index (κ1) is 15.0. The Morgan fingerprint density at radius 1 is 1.10 bits per heavy atom. The Morgan fingerprint density at radius 3 is 2.38 bits per heavy atom. The van der Waals surface area contributed by atoms with Crippen molar-refractivity contribution >= 4 is 11.6 Å². The van der Waals surface area contributed by atoms with Gasteiger partial charge in [-0.3, -0.25) is 0 Å². The lowest BCUT2D eigenvalue weighted by molar-refractivity contribution is 0.616. The van der Waals surface area contributed by atoms with Crippen LogP contribution >= 0.6 is 0 Å². The van der Waals surface area contributed by atoms with Crippen LogP contribution in [0.4, 0.5) is 10.1 Å². The van der Waals surface area contributed by atoms with E-state index in [0.29, 0.717) is 18.1 Å². The van der Waals surface area contributed by atoms with Crippen LogP contribution in [0.2, 0.25) is 0 Å². The Kier molecular flexibility index (Phi) is 4.58. The fraction of sp³-hybridized carbons (Fsp3) is 0.235. The average Bonchev–Trinajstić information content (AvgIpc) is 2.39. The highest BCUT2D eigenvalue weighted by Crippen LogP contribution is 2.14. The zero-order valence-corrected chi connectivity index (χ0v) is 12.6. The number of nitrogens with zero attached hydrogens (tertiary/aromatic N) is 1. The molecule has 0 saturated heterocycles. The monoisotopic (exact) mass is 285 g/mol. The van der Waals surface area contributed by atoms with E-state index in [1.807, 2.05) is 32.0 Å². The molecule has 0 bridgehead atoms. The second-order valence-corrected chi connectivity index (χ2v) is 5.29. The molecule has 0 spiro atoms. The van der Waals surface area contributed by atoms with Crippen molar-refractivity contribution in [3.8, 4) is 0 Å². The van der Waals surface area contributed by atoms with Crippen molar-refractivity contribution in [2.75, 3.05) is 5.32 Å². The van der Waals surface area contributed by atoms with Crippen molar-refractivity contribution in [2.45, 2.75) is 27.3 Å². The maximum atomic E-state index is 13.4. The first-order valence-electron chi connectivity index (χ1n) is 6.84. The number of aryl methyl sites for hydroxylation is 3. The topological polar surface area (TPSA) is 50.4 Å². The molecule has 0 fully saturated rings. The van der Waals surface area contributed by atoms with Gasteiger partial charge < -0.3 is 11.1 Å². The van der Waals surface area contributed by atoms with Crippen LogP contribution in [-0.2, 0) is 6.54 Å². The summed E-state index contributed by atoms with van der Waals surface area (Å²) in [6.07, 6.45) is 0. The van der Waals surface area contributed by atoms with E-state index >= 15 is 0 Å². The van der Waals surface area contributed by atoms with Crippen molar-refractivity contribution in [2.24, 2.45) is 10.7 Å². The molecule has 0 aromatic heterocycles. The number of benzene rings is 2. The molecular weight excluding hydrogens is 265 g/mol. The van der Waals surface area contributed by atoms with Gasteiger partial charge in [-0.25, -0.2) is 9.38 Å². The second-order valence-electron chi connectivity index (χ2n) is 5.29. The molecule has 2 aromatic carbocycles. The van der Waals surface area contributed by atoms with Crippen LogP contribution in [0.5, 0.6) is 0 Å². The van der Waals surface area contributed by atoms with Crippen LogP contribution in [0.25, 0.3) is 0 Å². The van der Waals surface area contributed by atoms with Gasteiger partial charge in [0, 0.05) is 5.69 Å². The van der Waals surface area contributed by atoms with E-state index in [1.54, 1.807) is 13.0 Å². The fourth-order valence-electron chi connectivity index (χ4n) is 2.15. The van der Waals surface area contributed by atoms with Gasteiger partial charge in [0.15, 0.2) is 5.96 Å². The molecule has 3 nitrogen and oxygen atoms in total. The molecule has 0 aliphatic carbocycles. The lowest BCUT2D eigenvalue weighted by Gasteiger charge is -2.08. The number of nitrogens with two attached hydrogens (primary N) is 1. The maximum absolute atomic E-state index is 13.4. The molecule has 0 aliphatic rings. The van der Waals surface area contributed by atoms with E-state index in [2.05, 4.69) is 16.4 Å². The van der Waals surface area contributed by atoms with Crippen molar-refractivity contribution in [3.05, 3.63) is 64.5 Å². The largest absolute Gasteiger partial charge is 0.370 e. The number of aliphatic imine (C=N–C) groups is 1. The highest BCUT2D eigenvalue weighted by Gasteiger charge is 2.00. The summed E-state index contributed by atoms with van der Waals surface area (Å²) in [6, 6.07) is 11.2. The smallest absolute Gasteiger partial charge is 0.193 e. The molecule has 2 rings (SSSR count). The normalized spacial score (nSPS) is 11.5. The molecule has 0 unspecified atom stereocenters.